The van der Waals surface area contributed by atoms with Crippen LogP contribution in [-0.2, 0) is 17.6 Å². The molecule has 0 amide bonds. The molecule has 1 aromatic rings. The second-order valence-electron chi connectivity index (χ2n) is 6.25. The lowest BCUT2D eigenvalue weighted by atomic mass is 9.87. The number of carboxylic acid groups (broad SMARTS) is 1. The van der Waals surface area contributed by atoms with E-state index in [4.69, 9.17) is 5.11 Å². The first-order chi connectivity index (χ1) is 10.1. The summed E-state index contributed by atoms with van der Waals surface area (Å²) >= 11 is 0. The van der Waals surface area contributed by atoms with Crippen molar-refractivity contribution in [2.45, 2.75) is 38.3 Å². The molecule has 0 spiro atoms. The number of fused-ring (bicyclic) bond motifs is 1. The third-order valence-corrected chi connectivity index (χ3v) is 5.09. The van der Waals surface area contributed by atoms with E-state index < -0.39 is 5.97 Å². The SMILES string of the molecule is CC(C(=O)O)N1CCN(C2CCc3ccccc3C2)CC1. The predicted octanol–water partition coefficient (Wildman–Crippen LogP) is 1.63. The maximum Gasteiger partial charge on any atom is 0.320 e. The Morgan fingerprint density at radius 3 is 2.52 bits per heavy atom. The summed E-state index contributed by atoms with van der Waals surface area (Å²) in [5, 5.41) is 9.10. The van der Waals surface area contributed by atoms with Crippen LogP contribution in [0, 0.1) is 0 Å². The lowest BCUT2D eigenvalue weighted by Gasteiger charge is -2.42. The van der Waals surface area contributed by atoms with E-state index in [0.717, 1.165) is 32.6 Å². The van der Waals surface area contributed by atoms with Gasteiger partial charge in [0, 0.05) is 32.2 Å². The Labute approximate surface area is 126 Å². The average Bonchev–Trinajstić information content (AvgIpc) is 2.54. The number of benzene rings is 1. The number of rotatable bonds is 3. The van der Waals surface area contributed by atoms with E-state index >= 15 is 0 Å². The van der Waals surface area contributed by atoms with Crippen LogP contribution in [0.15, 0.2) is 24.3 Å². The summed E-state index contributed by atoms with van der Waals surface area (Å²) < 4.78 is 0. The maximum atomic E-state index is 11.1. The number of carbonyl (C=O) groups is 1. The van der Waals surface area contributed by atoms with Gasteiger partial charge in [0.25, 0.3) is 0 Å². The van der Waals surface area contributed by atoms with Gasteiger partial charge in [0.2, 0.25) is 0 Å². The minimum atomic E-state index is -0.713. The van der Waals surface area contributed by atoms with Crippen LogP contribution in [0.5, 0.6) is 0 Å². The molecule has 2 unspecified atom stereocenters. The standard InChI is InChI=1S/C17H24N2O2/c1-13(17(20)21)18-8-10-19(11-9-18)16-7-6-14-4-2-3-5-15(14)12-16/h2-5,13,16H,6-12H2,1H3,(H,20,21). The highest BCUT2D eigenvalue weighted by molar-refractivity contribution is 5.72. The molecule has 1 saturated heterocycles. The lowest BCUT2D eigenvalue weighted by Crippen LogP contribution is -2.55. The highest BCUT2D eigenvalue weighted by Crippen LogP contribution is 2.25. The molecule has 0 aromatic heterocycles. The predicted molar refractivity (Wildman–Crippen MR) is 82.5 cm³/mol. The van der Waals surface area contributed by atoms with Gasteiger partial charge in [-0.2, -0.15) is 0 Å². The zero-order chi connectivity index (χ0) is 14.8. The van der Waals surface area contributed by atoms with E-state index in [1.807, 2.05) is 0 Å². The number of hydrogen-bond donors (Lipinski definition) is 1. The summed E-state index contributed by atoms with van der Waals surface area (Å²) in [6.45, 7) is 5.50. The molecule has 1 aliphatic heterocycles. The van der Waals surface area contributed by atoms with E-state index in [-0.39, 0.29) is 6.04 Å². The Bertz CT molecular complexity index is 509. The third kappa shape index (κ3) is 3.11. The molecule has 0 radical (unpaired) electrons. The van der Waals surface area contributed by atoms with Crippen molar-refractivity contribution in [3.05, 3.63) is 35.4 Å². The first-order valence-electron chi connectivity index (χ1n) is 7.93. The second kappa shape index (κ2) is 6.16. The van der Waals surface area contributed by atoms with Gasteiger partial charge < -0.3 is 5.11 Å². The lowest BCUT2D eigenvalue weighted by molar-refractivity contribution is -0.143. The van der Waals surface area contributed by atoms with E-state index in [0.29, 0.717) is 6.04 Å². The molecule has 2 atom stereocenters. The van der Waals surface area contributed by atoms with Gasteiger partial charge in [0.05, 0.1) is 0 Å². The summed E-state index contributed by atoms with van der Waals surface area (Å²) in [5.41, 5.74) is 3.00. The largest absolute Gasteiger partial charge is 0.480 e. The van der Waals surface area contributed by atoms with Crippen molar-refractivity contribution in [1.29, 1.82) is 0 Å². The summed E-state index contributed by atoms with van der Waals surface area (Å²) in [6, 6.07) is 9.03. The summed E-state index contributed by atoms with van der Waals surface area (Å²) in [7, 11) is 0. The van der Waals surface area contributed by atoms with Crippen molar-refractivity contribution in [3.63, 3.8) is 0 Å². The van der Waals surface area contributed by atoms with Gasteiger partial charge in [-0.05, 0) is 37.3 Å². The highest BCUT2D eigenvalue weighted by Gasteiger charge is 2.30. The molecule has 1 aliphatic carbocycles. The van der Waals surface area contributed by atoms with Crippen LogP contribution in [-0.4, -0.2) is 59.1 Å². The maximum absolute atomic E-state index is 11.1. The first kappa shape index (κ1) is 14.5. The first-order valence-corrected chi connectivity index (χ1v) is 7.93. The average molecular weight is 288 g/mol. The molecule has 0 saturated carbocycles. The Hall–Kier alpha value is -1.39. The third-order valence-electron chi connectivity index (χ3n) is 5.09. The van der Waals surface area contributed by atoms with Crippen molar-refractivity contribution in [1.82, 2.24) is 9.80 Å². The van der Waals surface area contributed by atoms with Gasteiger partial charge in [-0.3, -0.25) is 14.6 Å². The molecule has 1 heterocycles. The quantitative estimate of drug-likeness (QED) is 0.918. The van der Waals surface area contributed by atoms with E-state index in [1.165, 1.54) is 24.0 Å². The fourth-order valence-corrected chi connectivity index (χ4v) is 3.64. The van der Waals surface area contributed by atoms with Gasteiger partial charge >= 0.3 is 5.97 Å². The number of nitrogens with zero attached hydrogens (tertiary/aromatic N) is 2. The molecule has 1 fully saturated rings. The molecular formula is C17H24N2O2. The number of carboxylic acids is 1. The van der Waals surface area contributed by atoms with Crippen molar-refractivity contribution in [3.8, 4) is 0 Å². The Kier molecular flexibility index (Phi) is 4.27. The summed E-state index contributed by atoms with van der Waals surface area (Å²) in [5.74, 6) is -0.713. The molecule has 1 N–H and O–H groups in total. The van der Waals surface area contributed by atoms with Crippen LogP contribution in [0.1, 0.15) is 24.5 Å². The fraction of sp³-hybridized carbons (Fsp3) is 0.588. The second-order valence-corrected chi connectivity index (χ2v) is 6.25. The molecule has 4 nitrogen and oxygen atoms in total. The molecule has 1 aromatic carbocycles. The number of aryl methyl sites for hydroxylation is 1. The van der Waals surface area contributed by atoms with Crippen molar-refractivity contribution in [2.24, 2.45) is 0 Å². The Morgan fingerprint density at radius 1 is 1.19 bits per heavy atom. The van der Waals surface area contributed by atoms with Gasteiger partial charge in [0.15, 0.2) is 0 Å². The van der Waals surface area contributed by atoms with Crippen LogP contribution in [0.25, 0.3) is 0 Å². The van der Waals surface area contributed by atoms with E-state index in [2.05, 4.69) is 34.1 Å². The normalized spacial score (nSPS) is 25.3. The van der Waals surface area contributed by atoms with E-state index in [1.54, 1.807) is 6.92 Å². The zero-order valence-electron chi connectivity index (χ0n) is 12.7. The van der Waals surface area contributed by atoms with Gasteiger partial charge in [0.1, 0.15) is 6.04 Å². The number of aliphatic carboxylic acids is 1. The molecule has 4 heteroatoms. The molecule has 114 valence electrons. The molecule has 0 bridgehead atoms. The van der Waals surface area contributed by atoms with Crippen LogP contribution in [0.3, 0.4) is 0 Å². The number of piperazine rings is 1. The molecule has 21 heavy (non-hydrogen) atoms. The summed E-state index contributed by atoms with van der Waals surface area (Å²) in [4.78, 5) is 15.7. The van der Waals surface area contributed by atoms with Gasteiger partial charge in [-0.1, -0.05) is 24.3 Å². The van der Waals surface area contributed by atoms with Crippen LogP contribution >= 0.6 is 0 Å². The molecule has 2 aliphatic rings. The highest BCUT2D eigenvalue weighted by atomic mass is 16.4. The van der Waals surface area contributed by atoms with Crippen LogP contribution in [0.4, 0.5) is 0 Å². The number of hydrogen-bond acceptors (Lipinski definition) is 3. The summed E-state index contributed by atoms with van der Waals surface area (Å²) in [6.07, 6.45) is 3.54. The minimum Gasteiger partial charge on any atom is -0.480 e. The van der Waals surface area contributed by atoms with Gasteiger partial charge in [-0.25, -0.2) is 0 Å². The van der Waals surface area contributed by atoms with Gasteiger partial charge in [-0.15, -0.1) is 0 Å². The molecule has 3 rings (SSSR count). The van der Waals surface area contributed by atoms with E-state index in [9.17, 15) is 4.79 Å². The fourth-order valence-electron chi connectivity index (χ4n) is 3.64. The monoisotopic (exact) mass is 288 g/mol. The zero-order valence-corrected chi connectivity index (χ0v) is 12.7. The van der Waals surface area contributed by atoms with Crippen molar-refractivity contribution >= 4 is 5.97 Å². The Morgan fingerprint density at radius 2 is 1.86 bits per heavy atom. The topological polar surface area (TPSA) is 43.8 Å². The van der Waals surface area contributed by atoms with Crippen molar-refractivity contribution in [2.75, 3.05) is 26.2 Å². The minimum absolute atomic E-state index is 0.362. The van der Waals surface area contributed by atoms with Crippen LogP contribution in [0.2, 0.25) is 0 Å². The Balaban J connectivity index is 1.57. The molecular weight excluding hydrogens is 264 g/mol. The smallest absolute Gasteiger partial charge is 0.320 e. The van der Waals surface area contributed by atoms with Crippen LogP contribution < -0.4 is 0 Å². The van der Waals surface area contributed by atoms with Crippen molar-refractivity contribution < 1.29 is 9.90 Å².